The molecular formula is C18H15N3O6S. The van der Waals surface area contributed by atoms with E-state index in [4.69, 9.17) is 14.0 Å². The van der Waals surface area contributed by atoms with E-state index in [-0.39, 0.29) is 23.7 Å². The van der Waals surface area contributed by atoms with Crippen molar-refractivity contribution in [1.29, 1.82) is 0 Å². The van der Waals surface area contributed by atoms with Gasteiger partial charge in [0.1, 0.15) is 5.75 Å². The Morgan fingerprint density at radius 3 is 2.64 bits per heavy atom. The Kier molecular flexibility index (Phi) is 5.90. The van der Waals surface area contributed by atoms with E-state index in [2.05, 4.69) is 10.1 Å². The monoisotopic (exact) mass is 401 g/mol. The van der Waals surface area contributed by atoms with Crippen LogP contribution in [-0.2, 0) is 11.3 Å². The van der Waals surface area contributed by atoms with E-state index >= 15 is 0 Å². The number of benzene rings is 2. The van der Waals surface area contributed by atoms with Crippen LogP contribution in [0.1, 0.15) is 16.2 Å². The van der Waals surface area contributed by atoms with Crippen molar-refractivity contribution in [3.63, 3.8) is 0 Å². The number of hydrogen-bond acceptors (Lipinski definition) is 9. The van der Waals surface area contributed by atoms with Gasteiger partial charge in [0, 0.05) is 11.6 Å². The summed E-state index contributed by atoms with van der Waals surface area (Å²) in [6.45, 7) is -0.250. The maximum atomic E-state index is 12.2. The zero-order valence-electron chi connectivity index (χ0n) is 14.9. The van der Waals surface area contributed by atoms with Gasteiger partial charge in [0.25, 0.3) is 11.6 Å². The summed E-state index contributed by atoms with van der Waals surface area (Å²) < 4.78 is 15.3. The number of nitrogens with zero attached hydrogens (tertiary/aromatic N) is 3. The van der Waals surface area contributed by atoms with Gasteiger partial charge in [0.2, 0.25) is 5.82 Å². The van der Waals surface area contributed by atoms with Crippen LogP contribution in [0.15, 0.2) is 51.9 Å². The highest BCUT2D eigenvalue weighted by Crippen LogP contribution is 2.28. The first-order chi connectivity index (χ1) is 13.5. The molecule has 2 aromatic carbocycles. The highest BCUT2D eigenvalue weighted by atomic mass is 32.2. The van der Waals surface area contributed by atoms with Gasteiger partial charge in [-0.05, 0) is 42.7 Å². The molecule has 1 heterocycles. The van der Waals surface area contributed by atoms with Crippen molar-refractivity contribution in [1.82, 2.24) is 10.1 Å². The number of aromatic nitrogens is 2. The molecule has 1 aromatic heterocycles. The van der Waals surface area contributed by atoms with Gasteiger partial charge < -0.3 is 14.0 Å². The predicted molar refractivity (Wildman–Crippen MR) is 100 cm³/mol. The average molecular weight is 401 g/mol. The molecule has 0 saturated carbocycles. The van der Waals surface area contributed by atoms with Crippen molar-refractivity contribution in [2.45, 2.75) is 11.5 Å². The van der Waals surface area contributed by atoms with E-state index in [1.165, 1.54) is 30.0 Å². The molecule has 144 valence electrons. The lowest BCUT2D eigenvalue weighted by Crippen LogP contribution is -2.06. The second-order valence-corrected chi connectivity index (χ2v) is 6.31. The summed E-state index contributed by atoms with van der Waals surface area (Å²) >= 11 is 1.22. The van der Waals surface area contributed by atoms with Crippen LogP contribution in [0, 0.1) is 10.1 Å². The van der Waals surface area contributed by atoms with Gasteiger partial charge in [-0.1, -0.05) is 5.16 Å². The molecule has 0 bridgehead atoms. The number of carbonyl (C=O) groups is 1. The molecular weight excluding hydrogens is 386 g/mol. The second kappa shape index (κ2) is 8.53. The minimum absolute atomic E-state index is 0.0689. The summed E-state index contributed by atoms with van der Waals surface area (Å²) in [6, 6.07) is 11.2. The number of methoxy groups -OCH3 is 1. The Morgan fingerprint density at radius 1 is 1.25 bits per heavy atom. The van der Waals surface area contributed by atoms with Crippen molar-refractivity contribution < 1.29 is 23.7 Å². The topological polar surface area (TPSA) is 118 Å². The minimum Gasteiger partial charge on any atom is -0.497 e. The molecule has 10 heteroatoms. The molecule has 0 atom stereocenters. The van der Waals surface area contributed by atoms with E-state index < -0.39 is 10.9 Å². The van der Waals surface area contributed by atoms with Crippen LogP contribution in [0.3, 0.4) is 0 Å². The third-order valence-electron chi connectivity index (χ3n) is 3.75. The first-order valence-corrected chi connectivity index (χ1v) is 9.21. The molecule has 0 spiro atoms. The van der Waals surface area contributed by atoms with E-state index in [0.717, 1.165) is 0 Å². The quantitative estimate of drug-likeness (QED) is 0.252. The SMILES string of the molecule is COc1ccc(-c2noc(COC(=O)c3ccc(SC)c([N+](=O)[O-])c3)n2)cc1. The van der Waals surface area contributed by atoms with E-state index in [1.807, 2.05) is 0 Å². The number of nitro benzene ring substituents is 1. The molecule has 9 nitrogen and oxygen atoms in total. The first-order valence-electron chi connectivity index (χ1n) is 7.98. The van der Waals surface area contributed by atoms with Crippen LogP contribution in [0.5, 0.6) is 5.75 Å². The molecule has 0 aliphatic rings. The average Bonchev–Trinajstić information content (AvgIpc) is 3.20. The largest absolute Gasteiger partial charge is 0.497 e. The van der Waals surface area contributed by atoms with Crippen molar-refractivity contribution in [3.8, 4) is 17.1 Å². The van der Waals surface area contributed by atoms with Gasteiger partial charge in [0.15, 0.2) is 6.61 Å². The predicted octanol–water partition coefficient (Wildman–Crippen LogP) is 3.73. The molecule has 0 amide bonds. The first kappa shape index (κ1) is 19.4. The third kappa shape index (κ3) is 4.29. The fourth-order valence-electron chi connectivity index (χ4n) is 2.34. The number of carbonyl (C=O) groups excluding carboxylic acids is 1. The van der Waals surface area contributed by atoms with Crippen molar-refractivity contribution >= 4 is 23.4 Å². The molecule has 0 aliphatic heterocycles. The third-order valence-corrected chi connectivity index (χ3v) is 4.54. The second-order valence-electron chi connectivity index (χ2n) is 5.46. The van der Waals surface area contributed by atoms with Gasteiger partial charge in [-0.3, -0.25) is 10.1 Å². The lowest BCUT2D eigenvalue weighted by atomic mass is 10.2. The number of rotatable bonds is 7. The number of esters is 1. The van der Waals surface area contributed by atoms with E-state index in [1.54, 1.807) is 37.6 Å². The Morgan fingerprint density at radius 2 is 2.00 bits per heavy atom. The van der Waals surface area contributed by atoms with Crippen LogP contribution < -0.4 is 4.74 Å². The van der Waals surface area contributed by atoms with Crippen LogP contribution >= 0.6 is 11.8 Å². The Labute approximate surface area is 163 Å². The maximum absolute atomic E-state index is 12.2. The fraction of sp³-hybridized carbons (Fsp3) is 0.167. The number of hydrogen-bond donors (Lipinski definition) is 0. The van der Waals surface area contributed by atoms with Crippen LogP contribution in [0.25, 0.3) is 11.4 Å². The molecule has 0 N–H and O–H groups in total. The zero-order valence-corrected chi connectivity index (χ0v) is 15.8. The molecule has 0 radical (unpaired) electrons. The molecule has 0 fully saturated rings. The molecule has 3 aromatic rings. The Balaban J connectivity index is 1.67. The van der Waals surface area contributed by atoms with Gasteiger partial charge in [-0.2, -0.15) is 4.98 Å². The molecule has 0 aliphatic carbocycles. The summed E-state index contributed by atoms with van der Waals surface area (Å²) in [5, 5.41) is 15.0. The van der Waals surface area contributed by atoms with Gasteiger partial charge in [-0.15, -0.1) is 11.8 Å². The Hall–Kier alpha value is -3.40. The summed E-state index contributed by atoms with van der Waals surface area (Å²) in [5.41, 5.74) is 0.631. The standard InChI is InChI=1S/C18H15N3O6S/c1-25-13-6-3-11(4-7-13)17-19-16(27-20-17)10-26-18(22)12-5-8-15(28-2)14(9-12)21(23)24/h3-9H,10H2,1-2H3. The molecule has 3 rings (SSSR count). The number of ether oxygens (including phenoxy) is 2. The number of thioether (sulfide) groups is 1. The van der Waals surface area contributed by atoms with Gasteiger partial charge >= 0.3 is 5.97 Å². The highest BCUT2D eigenvalue weighted by molar-refractivity contribution is 7.98. The molecule has 0 saturated heterocycles. The highest BCUT2D eigenvalue weighted by Gasteiger charge is 2.19. The van der Waals surface area contributed by atoms with E-state index in [9.17, 15) is 14.9 Å². The summed E-state index contributed by atoms with van der Waals surface area (Å²) in [5.74, 6) is 0.422. The minimum atomic E-state index is -0.722. The van der Waals surface area contributed by atoms with Crippen molar-refractivity contribution in [2.75, 3.05) is 13.4 Å². The summed E-state index contributed by atoms with van der Waals surface area (Å²) in [4.78, 5) is 27.4. The zero-order chi connectivity index (χ0) is 20.1. The van der Waals surface area contributed by atoms with Gasteiger partial charge in [0.05, 0.1) is 22.5 Å². The lowest BCUT2D eigenvalue weighted by Gasteiger charge is -2.04. The van der Waals surface area contributed by atoms with Crippen molar-refractivity contribution in [2.24, 2.45) is 0 Å². The van der Waals surface area contributed by atoms with Gasteiger partial charge in [-0.25, -0.2) is 4.79 Å². The Bertz CT molecular complexity index is 1000. The smallest absolute Gasteiger partial charge is 0.338 e. The van der Waals surface area contributed by atoms with Crippen LogP contribution in [0.4, 0.5) is 5.69 Å². The summed E-state index contributed by atoms with van der Waals surface area (Å²) in [7, 11) is 1.57. The lowest BCUT2D eigenvalue weighted by molar-refractivity contribution is -0.387. The van der Waals surface area contributed by atoms with Crippen LogP contribution in [0.2, 0.25) is 0 Å². The molecule has 0 unspecified atom stereocenters. The normalized spacial score (nSPS) is 10.5. The molecule has 28 heavy (non-hydrogen) atoms. The number of nitro groups is 1. The maximum Gasteiger partial charge on any atom is 0.338 e. The van der Waals surface area contributed by atoms with Crippen molar-refractivity contribution in [3.05, 3.63) is 64.0 Å². The van der Waals surface area contributed by atoms with E-state index in [0.29, 0.717) is 22.0 Å². The summed E-state index contributed by atoms with van der Waals surface area (Å²) in [6.07, 6.45) is 1.72. The fourth-order valence-corrected chi connectivity index (χ4v) is 2.89. The van der Waals surface area contributed by atoms with Crippen LogP contribution in [-0.4, -0.2) is 34.4 Å².